The lowest BCUT2D eigenvalue weighted by Gasteiger charge is -2.22. The highest BCUT2D eigenvalue weighted by atomic mass is 16.5. The zero-order chi connectivity index (χ0) is 19.3. The lowest BCUT2D eigenvalue weighted by atomic mass is 9.91. The quantitative estimate of drug-likeness (QED) is 0.671. The average molecular weight is 378 g/mol. The Morgan fingerprint density at radius 3 is 2.75 bits per heavy atom. The van der Waals surface area contributed by atoms with Gasteiger partial charge in [0, 0.05) is 30.3 Å². The molecule has 28 heavy (non-hydrogen) atoms. The smallest absolute Gasteiger partial charge is 0.258 e. The summed E-state index contributed by atoms with van der Waals surface area (Å²) in [7, 11) is 0. The molecule has 0 bridgehead atoms. The normalized spacial score (nSPS) is 16.0. The Bertz CT molecular complexity index is 929. The monoisotopic (exact) mass is 378 g/mol. The molecule has 0 radical (unpaired) electrons. The van der Waals surface area contributed by atoms with Crippen LogP contribution in [0, 0.1) is 0 Å². The molecular weight excluding hydrogens is 352 g/mol. The molecule has 1 amide bonds. The van der Waals surface area contributed by atoms with E-state index in [0.29, 0.717) is 5.92 Å². The summed E-state index contributed by atoms with van der Waals surface area (Å²) in [6, 6.07) is 15.8. The molecule has 0 aliphatic carbocycles. The number of H-pyrrole nitrogens is 1. The van der Waals surface area contributed by atoms with Gasteiger partial charge in [0.25, 0.3) is 5.91 Å². The van der Waals surface area contributed by atoms with Crippen molar-refractivity contribution in [3.63, 3.8) is 0 Å². The number of aromatic nitrogens is 1. The Labute approximate surface area is 165 Å². The van der Waals surface area contributed by atoms with Crippen molar-refractivity contribution in [2.45, 2.75) is 31.7 Å². The fourth-order valence-corrected chi connectivity index (χ4v) is 3.88. The van der Waals surface area contributed by atoms with Crippen molar-refractivity contribution in [2.75, 3.05) is 19.8 Å². The van der Waals surface area contributed by atoms with Crippen LogP contribution in [-0.2, 0) is 9.53 Å². The standard InChI is InChI=1S/C23H26N2O3/c1-16(17-6-3-2-4-7-17)25-22(26)15-28-21-9-5-8-20-23(21)19(14-24-20)18-10-12-27-13-11-18/h2-9,14,16,18,24H,10-13,15H2,1H3,(H,25,26)/t16-/m0/s1. The van der Waals surface area contributed by atoms with Crippen LogP contribution in [0.1, 0.15) is 42.9 Å². The van der Waals surface area contributed by atoms with Gasteiger partial charge in [0.15, 0.2) is 6.61 Å². The summed E-state index contributed by atoms with van der Waals surface area (Å²) in [5.41, 5.74) is 3.37. The molecule has 3 aromatic rings. The Hall–Kier alpha value is -2.79. The average Bonchev–Trinajstić information content (AvgIpc) is 3.18. The van der Waals surface area contributed by atoms with E-state index in [1.54, 1.807) is 0 Å². The van der Waals surface area contributed by atoms with Crippen LogP contribution < -0.4 is 10.1 Å². The molecule has 1 fully saturated rings. The van der Waals surface area contributed by atoms with Crippen molar-refractivity contribution in [1.82, 2.24) is 10.3 Å². The molecule has 2 heterocycles. The highest BCUT2D eigenvalue weighted by Crippen LogP contribution is 2.37. The van der Waals surface area contributed by atoms with E-state index in [1.165, 1.54) is 5.56 Å². The Balaban J connectivity index is 1.45. The molecule has 1 aliphatic heterocycles. The van der Waals surface area contributed by atoms with E-state index in [1.807, 2.05) is 55.5 Å². The van der Waals surface area contributed by atoms with Gasteiger partial charge in [-0.15, -0.1) is 0 Å². The lowest BCUT2D eigenvalue weighted by Crippen LogP contribution is -2.31. The molecular formula is C23H26N2O3. The Kier molecular flexibility index (Phi) is 5.63. The van der Waals surface area contributed by atoms with Gasteiger partial charge in [0.1, 0.15) is 5.75 Å². The second-order valence-corrected chi connectivity index (χ2v) is 7.30. The van der Waals surface area contributed by atoms with Crippen molar-refractivity contribution < 1.29 is 14.3 Å². The lowest BCUT2D eigenvalue weighted by molar-refractivity contribution is -0.123. The fraction of sp³-hybridized carbons (Fsp3) is 0.348. The number of benzene rings is 2. The first-order chi connectivity index (χ1) is 13.7. The van der Waals surface area contributed by atoms with Crippen molar-refractivity contribution in [2.24, 2.45) is 0 Å². The van der Waals surface area contributed by atoms with Crippen LogP contribution in [0.5, 0.6) is 5.75 Å². The first-order valence-corrected chi connectivity index (χ1v) is 9.87. The summed E-state index contributed by atoms with van der Waals surface area (Å²) in [5.74, 6) is 1.08. The van der Waals surface area contributed by atoms with Gasteiger partial charge in [-0.3, -0.25) is 4.79 Å². The molecule has 2 N–H and O–H groups in total. The molecule has 0 saturated carbocycles. The number of ether oxygens (including phenoxy) is 2. The van der Waals surface area contributed by atoms with Crippen molar-refractivity contribution in [3.8, 4) is 5.75 Å². The van der Waals surface area contributed by atoms with E-state index in [0.717, 1.165) is 48.3 Å². The number of nitrogens with one attached hydrogen (secondary N) is 2. The minimum atomic E-state index is -0.128. The van der Waals surface area contributed by atoms with Crippen LogP contribution in [0.4, 0.5) is 0 Å². The number of amides is 1. The van der Waals surface area contributed by atoms with Crippen molar-refractivity contribution in [3.05, 3.63) is 65.9 Å². The summed E-state index contributed by atoms with van der Waals surface area (Å²) in [6.07, 6.45) is 4.10. The second kappa shape index (κ2) is 8.48. The van der Waals surface area contributed by atoms with E-state index in [-0.39, 0.29) is 18.6 Å². The van der Waals surface area contributed by atoms with Crippen molar-refractivity contribution >= 4 is 16.8 Å². The Morgan fingerprint density at radius 2 is 1.96 bits per heavy atom. The number of hydrogen-bond donors (Lipinski definition) is 2. The zero-order valence-corrected chi connectivity index (χ0v) is 16.1. The maximum absolute atomic E-state index is 12.4. The maximum Gasteiger partial charge on any atom is 0.258 e. The molecule has 5 nitrogen and oxygen atoms in total. The first-order valence-electron chi connectivity index (χ1n) is 9.87. The van der Waals surface area contributed by atoms with Gasteiger partial charge in [0.2, 0.25) is 0 Å². The van der Waals surface area contributed by atoms with Crippen molar-refractivity contribution in [1.29, 1.82) is 0 Å². The zero-order valence-electron chi connectivity index (χ0n) is 16.1. The summed E-state index contributed by atoms with van der Waals surface area (Å²) < 4.78 is 11.4. The summed E-state index contributed by atoms with van der Waals surface area (Å²) in [6.45, 7) is 3.55. The molecule has 1 saturated heterocycles. The van der Waals surface area contributed by atoms with Crippen LogP contribution >= 0.6 is 0 Å². The van der Waals surface area contributed by atoms with Crippen LogP contribution in [0.3, 0.4) is 0 Å². The van der Waals surface area contributed by atoms with Gasteiger partial charge in [-0.1, -0.05) is 36.4 Å². The molecule has 2 aromatic carbocycles. The van der Waals surface area contributed by atoms with Crippen LogP contribution in [0.25, 0.3) is 10.9 Å². The van der Waals surface area contributed by atoms with Gasteiger partial charge in [-0.25, -0.2) is 0 Å². The minimum absolute atomic E-state index is 0.00527. The third-order valence-corrected chi connectivity index (χ3v) is 5.40. The minimum Gasteiger partial charge on any atom is -0.483 e. The molecule has 146 valence electrons. The van der Waals surface area contributed by atoms with Gasteiger partial charge in [-0.05, 0) is 48.9 Å². The van der Waals surface area contributed by atoms with Gasteiger partial charge < -0.3 is 19.8 Å². The van der Waals surface area contributed by atoms with Crippen LogP contribution in [-0.4, -0.2) is 30.7 Å². The summed E-state index contributed by atoms with van der Waals surface area (Å²) >= 11 is 0. The molecule has 5 heteroatoms. The number of carbonyl (C=O) groups excluding carboxylic acids is 1. The highest BCUT2D eigenvalue weighted by molar-refractivity contribution is 5.90. The van der Waals surface area contributed by atoms with E-state index < -0.39 is 0 Å². The summed E-state index contributed by atoms with van der Waals surface area (Å²) in [5, 5.41) is 4.08. The third-order valence-electron chi connectivity index (χ3n) is 5.40. The van der Waals surface area contributed by atoms with E-state index in [2.05, 4.69) is 16.5 Å². The molecule has 1 atom stereocenters. The molecule has 0 spiro atoms. The molecule has 1 aromatic heterocycles. The van der Waals surface area contributed by atoms with Gasteiger partial charge in [0.05, 0.1) is 6.04 Å². The number of aromatic amines is 1. The molecule has 1 aliphatic rings. The molecule has 4 rings (SSSR count). The summed E-state index contributed by atoms with van der Waals surface area (Å²) in [4.78, 5) is 15.7. The predicted molar refractivity (Wildman–Crippen MR) is 110 cm³/mol. The molecule has 0 unspecified atom stereocenters. The van der Waals surface area contributed by atoms with E-state index >= 15 is 0 Å². The Morgan fingerprint density at radius 1 is 1.18 bits per heavy atom. The van der Waals surface area contributed by atoms with Gasteiger partial charge in [-0.2, -0.15) is 0 Å². The van der Waals surface area contributed by atoms with E-state index in [4.69, 9.17) is 9.47 Å². The van der Waals surface area contributed by atoms with Crippen LogP contribution in [0.2, 0.25) is 0 Å². The number of rotatable bonds is 6. The third kappa shape index (κ3) is 4.04. The highest BCUT2D eigenvalue weighted by Gasteiger charge is 2.21. The van der Waals surface area contributed by atoms with E-state index in [9.17, 15) is 4.79 Å². The largest absolute Gasteiger partial charge is 0.483 e. The number of fused-ring (bicyclic) bond motifs is 1. The number of hydrogen-bond acceptors (Lipinski definition) is 3. The second-order valence-electron chi connectivity index (χ2n) is 7.30. The number of carbonyl (C=O) groups is 1. The topological polar surface area (TPSA) is 63.3 Å². The first kappa shape index (κ1) is 18.6. The van der Waals surface area contributed by atoms with Crippen LogP contribution in [0.15, 0.2) is 54.7 Å². The SMILES string of the molecule is C[C@H](NC(=O)COc1cccc2[nH]cc(C3CCOCC3)c12)c1ccccc1. The fourth-order valence-electron chi connectivity index (χ4n) is 3.88. The van der Waals surface area contributed by atoms with Gasteiger partial charge >= 0.3 is 0 Å². The maximum atomic E-state index is 12.4. The predicted octanol–water partition coefficient (Wildman–Crippen LogP) is 4.32.